The number of benzene rings is 1. The molecule has 0 atom stereocenters. The van der Waals surface area contributed by atoms with Gasteiger partial charge in [-0.2, -0.15) is 0 Å². The highest BCUT2D eigenvalue weighted by Crippen LogP contribution is 2.20. The van der Waals surface area contributed by atoms with Crippen LogP contribution in [0.3, 0.4) is 0 Å². The summed E-state index contributed by atoms with van der Waals surface area (Å²) in [7, 11) is 0. The number of hydrogen-bond donors (Lipinski definition) is 1. The summed E-state index contributed by atoms with van der Waals surface area (Å²) in [5, 5.41) is 2.79. The summed E-state index contributed by atoms with van der Waals surface area (Å²) < 4.78 is 5.71. The van der Waals surface area contributed by atoms with Gasteiger partial charge in [0.25, 0.3) is 0 Å². The first-order valence-electron chi connectivity index (χ1n) is 8.56. The van der Waals surface area contributed by atoms with Gasteiger partial charge in [-0.15, -0.1) is 0 Å². The highest BCUT2D eigenvalue weighted by molar-refractivity contribution is 5.84. The molecule has 0 radical (unpaired) electrons. The van der Waals surface area contributed by atoms with Crippen molar-refractivity contribution in [3.05, 3.63) is 42.4 Å². The van der Waals surface area contributed by atoms with Crippen molar-refractivity contribution in [2.24, 2.45) is 0 Å². The minimum absolute atomic E-state index is 0.0602. The zero-order valence-electron chi connectivity index (χ0n) is 15.0. The van der Waals surface area contributed by atoms with Gasteiger partial charge in [0.15, 0.2) is 11.7 Å². The second-order valence-electron chi connectivity index (χ2n) is 6.11. The maximum atomic E-state index is 12.3. The van der Waals surface area contributed by atoms with Gasteiger partial charge in [-0.25, -0.2) is 4.98 Å². The Hall–Kier alpha value is -2.63. The minimum atomic E-state index is -0.146. The maximum Gasteiger partial charge on any atom is 0.239 e. The van der Waals surface area contributed by atoms with E-state index in [1.165, 1.54) is 0 Å². The molecule has 2 rings (SSSR count). The Balaban J connectivity index is 1.88. The Morgan fingerprint density at radius 2 is 1.96 bits per heavy atom. The monoisotopic (exact) mass is 343 g/mol. The van der Waals surface area contributed by atoms with Gasteiger partial charge in [0.05, 0.1) is 12.7 Å². The fourth-order valence-electron chi connectivity index (χ4n) is 2.45. The number of carbonyl (C=O) groups excluding carboxylic acids is 2. The van der Waals surface area contributed by atoms with Crippen LogP contribution in [-0.4, -0.2) is 40.8 Å². The molecule has 0 aliphatic heterocycles. The molecule has 1 heterocycles. The zero-order valence-corrected chi connectivity index (χ0v) is 15.0. The standard InChI is InChI=1S/C19H25N3O3/c1-4-22(13-17(23)21-14(2)3)19(24)11-10-18-20-12-16(25-18)15-8-6-5-7-9-15/h5-9,12,14H,4,10-11,13H2,1-3H3,(H,21,23). The number of aromatic nitrogens is 1. The molecule has 1 N–H and O–H groups in total. The number of rotatable bonds is 8. The lowest BCUT2D eigenvalue weighted by Gasteiger charge is -2.20. The van der Waals surface area contributed by atoms with E-state index in [0.29, 0.717) is 24.6 Å². The smallest absolute Gasteiger partial charge is 0.239 e. The molecule has 0 aliphatic carbocycles. The van der Waals surface area contributed by atoms with Crippen molar-refractivity contribution < 1.29 is 14.0 Å². The van der Waals surface area contributed by atoms with Gasteiger partial charge in [-0.1, -0.05) is 30.3 Å². The van der Waals surface area contributed by atoms with Crippen LogP contribution in [0.25, 0.3) is 11.3 Å². The highest BCUT2D eigenvalue weighted by atomic mass is 16.4. The van der Waals surface area contributed by atoms with Crippen LogP contribution in [-0.2, 0) is 16.0 Å². The Morgan fingerprint density at radius 1 is 1.24 bits per heavy atom. The van der Waals surface area contributed by atoms with E-state index in [0.717, 1.165) is 5.56 Å². The van der Waals surface area contributed by atoms with Crippen molar-refractivity contribution in [3.63, 3.8) is 0 Å². The van der Waals surface area contributed by atoms with Gasteiger partial charge in [-0.3, -0.25) is 9.59 Å². The molecule has 0 spiro atoms. The van der Waals surface area contributed by atoms with E-state index < -0.39 is 0 Å². The molecular weight excluding hydrogens is 318 g/mol. The van der Waals surface area contributed by atoms with E-state index in [9.17, 15) is 9.59 Å². The van der Waals surface area contributed by atoms with E-state index >= 15 is 0 Å². The molecule has 0 fully saturated rings. The Labute approximate surface area is 148 Å². The van der Waals surface area contributed by atoms with E-state index in [2.05, 4.69) is 10.3 Å². The number of amides is 2. The third kappa shape index (κ3) is 5.74. The van der Waals surface area contributed by atoms with Crippen LogP contribution < -0.4 is 5.32 Å². The van der Waals surface area contributed by atoms with Crippen LogP contribution in [0.2, 0.25) is 0 Å². The number of aryl methyl sites for hydroxylation is 1. The summed E-state index contributed by atoms with van der Waals surface area (Å²) >= 11 is 0. The molecular formula is C19H25N3O3. The Morgan fingerprint density at radius 3 is 2.60 bits per heavy atom. The van der Waals surface area contributed by atoms with Gasteiger partial charge in [-0.05, 0) is 20.8 Å². The van der Waals surface area contributed by atoms with Crippen molar-refractivity contribution in [1.29, 1.82) is 0 Å². The molecule has 2 amide bonds. The van der Waals surface area contributed by atoms with E-state index in [4.69, 9.17) is 4.42 Å². The first-order valence-corrected chi connectivity index (χ1v) is 8.56. The van der Waals surface area contributed by atoms with E-state index in [-0.39, 0.29) is 30.8 Å². The third-order valence-electron chi connectivity index (χ3n) is 3.68. The molecule has 1 aromatic heterocycles. The first-order chi connectivity index (χ1) is 12.0. The lowest BCUT2D eigenvalue weighted by atomic mass is 10.2. The summed E-state index contributed by atoms with van der Waals surface area (Å²) in [6.45, 7) is 6.21. The van der Waals surface area contributed by atoms with Gasteiger partial charge in [0.1, 0.15) is 0 Å². The third-order valence-corrected chi connectivity index (χ3v) is 3.68. The normalized spacial score (nSPS) is 10.7. The summed E-state index contributed by atoms with van der Waals surface area (Å²) in [6, 6.07) is 9.76. The second kappa shape index (κ2) is 9.01. The lowest BCUT2D eigenvalue weighted by molar-refractivity contribution is -0.136. The SMILES string of the molecule is CCN(CC(=O)NC(C)C)C(=O)CCc1ncc(-c2ccccc2)o1. The number of nitrogens with zero attached hydrogens (tertiary/aromatic N) is 2. The van der Waals surface area contributed by atoms with E-state index in [1.54, 1.807) is 11.1 Å². The minimum Gasteiger partial charge on any atom is -0.441 e. The molecule has 0 unspecified atom stereocenters. The predicted molar refractivity (Wildman–Crippen MR) is 95.8 cm³/mol. The van der Waals surface area contributed by atoms with Crippen molar-refractivity contribution in [1.82, 2.24) is 15.2 Å². The van der Waals surface area contributed by atoms with Gasteiger partial charge in [0, 0.05) is 31.0 Å². The van der Waals surface area contributed by atoms with E-state index in [1.807, 2.05) is 51.1 Å². The molecule has 0 saturated heterocycles. The van der Waals surface area contributed by atoms with Crippen LogP contribution in [0.5, 0.6) is 0 Å². The largest absolute Gasteiger partial charge is 0.441 e. The Bertz CT molecular complexity index is 695. The fourth-order valence-corrected chi connectivity index (χ4v) is 2.45. The van der Waals surface area contributed by atoms with Crippen LogP contribution in [0, 0.1) is 0 Å². The van der Waals surface area contributed by atoms with Gasteiger partial charge < -0.3 is 14.6 Å². The molecule has 0 saturated carbocycles. The lowest BCUT2D eigenvalue weighted by Crippen LogP contribution is -2.42. The highest BCUT2D eigenvalue weighted by Gasteiger charge is 2.17. The predicted octanol–water partition coefficient (Wildman–Crippen LogP) is 2.65. The number of likely N-dealkylation sites (N-methyl/N-ethyl adjacent to an activating group) is 1. The van der Waals surface area contributed by atoms with Crippen LogP contribution in [0.1, 0.15) is 33.1 Å². The molecule has 134 valence electrons. The Kier molecular flexibility index (Phi) is 6.74. The number of carbonyl (C=O) groups is 2. The van der Waals surface area contributed by atoms with Crippen molar-refractivity contribution in [3.8, 4) is 11.3 Å². The summed E-state index contributed by atoms with van der Waals surface area (Å²) in [5.41, 5.74) is 0.952. The average molecular weight is 343 g/mol. The van der Waals surface area contributed by atoms with Crippen molar-refractivity contribution in [2.45, 2.75) is 39.7 Å². The summed E-state index contributed by atoms with van der Waals surface area (Å²) in [6.07, 6.45) is 2.34. The molecule has 0 bridgehead atoms. The van der Waals surface area contributed by atoms with Gasteiger partial charge in [0.2, 0.25) is 11.8 Å². The first kappa shape index (κ1) is 18.7. The summed E-state index contributed by atoms with van der Waals surface area (Å²) in [5.74, 6) is 0.982. The quantitative estimate of drug-likeness (QED) is 0.799. The molecule has 1 aromatic carbocycles. The molecule has 2 aromatic rings. The van der Waals surface area contributed by atoms with Crippen molar-refractivity contribution >= 4 is 11.8 Å². The number of oxazole rings is 1. The molecule has 6 nitrogen and oxygen atoms in total. The molecule has 25 heavy (non-hydrogen) atoms. The van der Waals surface area contributed by atoms with Crippen LogP contribution in [0.15, 0.2) is 40.9 Å². The number of nitrogens with one attached hydrogen (secondary N) is 1. The van der Waals surface area contributed by atoms with Crippen LogP contribution >= 0.6 is 0 Å². The second-order valence-corrected chi connectivity index (χ2v) is 6.11. The zero-order chi connectivity index (χ0) is 18.2. The summed E-state index contributed by atoms with van der Waals surface area (Å²) in [4.78, 5) is 29.9. The fraction of sp³-hybridized carbons (Fsp3) is 0.421. The number of hydrogen-bond acceptors (Lipinski definition) is 4. The average Bonchev–Trinajstić information content (AvgIpc) is 3.06. The molecule has 0 aliphatic rings. The van der Waals surface area contributed by atoms with Gasteiger partial charge >= 0.3 is 0 Å². The topological polar surface area (TPSA) is 75.4 Å². The van der Waals surface area contributed by atoms with Crippen molar-refractivity contribution in [2.75, 3.05) is 13.1 Å². The maximum absolute atomic E-state index is 12.3. The van der Waals surface area contributed by atoms with Crippen LogP contribution in [0.4, 0.5) is 0 Å². The molecule has 6 heteroatoms.